The number of carbonyl (C=O) groups excluding carboxylic acids is 1. The number of nitrogens with one attached hydrogen (secondary N) is 1. The molecule has 1 aromatic rings. The van der Waals surface area contributed by atoms with Crippen molar-refractivity contribution in [2.75, 3.05) is 7.05 Å². The van der Waals surface area contributed by atoms with Crippen LogP contribution in [-0.4, -0.2) is 28.9 Å². The highest BCUT2D eigenvalue weighted by atomic mass is 19.1. The molecule has 17 heavy (non-hydrogen) atoms. The van der Waals surface area contributed by atoms with Crippen LogP contribution in [0.25, 0.3) is 0 Å². The van der Waals surface area contributed by atoms with Crippen molar-refractivity contribution < 1.29 is 14.4 Å². The van der Waals surface area contributed by atoms with Gasteiger partial charge >= 0.3 is 0 Å². The molecule has 1 aliphatic heterocycles. The predicted molar refractivity (Wildman–Crippen MR) is 58.9 cm³/mol. The van der Waals surface area contributed by atoms with Crippen molar-refractivity contribution in [3.63, 3.8) is 0 Å². The normalized spacial score (nSPS) is 24.1. The third-order valence-corrected chi connectivity index (χ3v) is 2.90. The summed E-state index contributed by atoms with van der Waals surface area (Å²) in [5, 5.41) is 14.4. The Kier molecular flexibility index (Phi) is 2.68. The van der Waals surface area contributed by atoms with Gasteiger partial charge in [-0.05, 0) is 24.6 Å². The van der Waals surface area contributed by atoms with Crippen molar-refractivity contribution in [3.8, 4) is 0 Å². The lowest BCUT2D eigenvalue weighted by atomic mass is 9.86. The molecular formula is C11H12FN3O2. The third-order valence-electron chi connectivity index (χ3n) is 2.90. The summed E-state index contributed by atoms with van der Waals surface area (Å²) < 4.78 is 12.9. The summed E-state index contributed by atoms with van der Waals surface area (Å²) in [5.74, 6) is -0.820. The Balaban J connectivity index is 2.56. The van der Waals surface area contributed by atoms with Gasteiger partial charge in [0.15, 0.2) is 5.54 Å². The quantitative estimate of drug-likeness (QED) is 0.749. The average molecular weight is 237 g/mol. The van der Waals surface area contributed by atoms with Crippen LogP contribution >= 0.6 is 0 Å². The molecule has 1 heterocycles. The summed E-state index contributed by atoms with van der Waals surface area (Å²) in [6.45, 7) is 1.62. The number of hydroxylamine groups is 1. The Bertz CT molecular complexity index is 486. The molecule has 0 fully saturated rings. The SMILES string of the molecule is CC1=NN(C)C(=O)C1(NO)c1ccc(F)cc1. The summed E-state index contributed by atoms with van der Waals surface area (Å²) >= 11 is 0. The van der Waals surface area contributed by atoms with E-state index in [0.717, 1.165) is 5.01 Å². The van der Waals surface area contributed by atoms with Crippen LogP contribution in [0.4, 0.5) is 4.39 Å². The van der Waals surface area contributed by atoms with Crippen LogP contribution in [0.3, 0.4) is 0 Å². The summed E-state index contributed by atoms with van der Waals surface area (Å²) in [7, 11) is 1.49. The zero-order chi connectivity index (χ0) is 12.6. The largest absolute Gasteiger partial charge is 0.315 e. The van der Waals surface area contributed by atoms with E-state index in [4.69, 9.17) is 0 Å². The molecule has 1 atom stereocenters. The Labute approximate surface area is 97.5 Å². The Morgan fingerprint density at radius 2 is 2.00 bits per heavy atom. The Hall–Kier alpha value is -1.79. The van der Waals surface area contributed by atoms with Gasteiger partial charge in [-0.25, -0.2) is 9.40 Å². The average Bonchev–Trinajstić information content (AvgIpc) is 2.53. The monoisotopic (exact) mass is 237 g/mol. The lowest BCUT2D eigenvalue weighted by Gasteiger charge is -2.26. The number of halogens is 1. The first-order chi connectivity index (χ1) is 8.02. The Morgan fingerprint density at radius 1 is 1.41 bits per heavy atom. The minimum atomic E-state index is -1.41. The maximum absolute atomic E-state index is 12.9. The lowest BCUT2D eigenvalue weighted by molar-refractivity contribution is -0.136. The van der Waals surface area contributed by atoms with Crippen molar-refractivity contribution in [2.24, 2.45) is 5.10 Å². The van der Waals surface area contributed by atoms with Gasteiger partial charge in [0.2, 0.25) is 0 Å². The first-order valence-electron chi connectivity index (χ1n) is 5.03. The van der Waals surface area contributed by atoms with Crippen LogP contribution in [0.5, 0.6) is 0 Å². The molecule has 0 spiro atoms. The van der Waals surface area contributed by atoms with Crippen molar-refractivity contribution >= 4 is 11.6 Å². The molecule has 1 amide bonds. The van der Waals surface area contributed by atoms with Gasteiger partial charge in [-0.1, -0.05) is 12.1 Å². The Morgan fingerprint density at radius 3 is 2.41 bits per heavy atom. The van der Waals surface area contributed by atoms with Crippen molar-refractivity contribution in [1.82, 2.24) is 10.5 Å². The number of hydrazone groups is 1. The summed E-state index contributed by atoms with van der Waals surface area (Å²) in [6, 6.07) is 5.34. The fourth-order valence-corrected chi connectivity index (χ4v) is 1.97. The van der Waals surface area contributed by atoms with Crippen LogP contribution in [-0.2, 0) is 10.3 Å². The standard InChI is InChI=1S/C11H12FN3O2/c1-7-11(14-17,10(16)15(2)13-7)8-3-5-9(12)6-4-8/h3-6,14,17H,1-2H3. The van der Waals surface area contributed by atoms with E-state index in [1.807, 2.05) is 5.48 Å². The molecule has 0 saturated carbocycles. The molecule has 0 aliphatic carbocycles. The van der Waals surface area contributed by atoms with E-state index in [0.29, 0.717) is 11.3 Å². The molecule has 5 nitrogen and oxygen atoms in total. The zero-order valence-corrected chi connectivity index (χ0v) is 9.44. The van der Waals surface area contributed by atoms with E-state index in [-0.39, 0.29) is 0 Å². The molecule has 0 saturated heterocycles. The fraction of sp³-hybridized carbons (Fsp3) is 0.273. The fourth-order valence-electron chi connectivity index (χ4n) is 1.97. The second-order valence-electron chi connectivity index (χ2n) is 3.88. The van der Waals surface area contributed by atoms with E-state index in [1.165, 1.54) is 31.3 Å². The molecule has 0 bridgehead atoms. The molecule has 2 N–H and O–H groups in total. The first kappa shape index (κ1) is 11.7. The van der Waals surface area contributed by atoms with Crippen LogP contribution in [0.15, 0.2) is 29.4 Å². The van der Waals surface area contributed by atoms with Crippen LogP contribution in [0.2, 0.25) is 0 Å². The smallest absolute Gasteiger partial charge is 0.275 e. The van der Waals surface area contributed by atoms with Gasteiger partial charge in [0.1, 0.15) is 5.82 Å². The number of likely N-dealkylation sites (N-methyl/N-ethyl adjacent to an activating group) is 1. The first-order valence-corrected chi connectivity index (χ1v) is 5.03. The van der Waals surface area contributed by atoms with Gasteiger partial charge in [-0.2, -0.15) is 10.6 Å². The number of benzene rings is 1. The molecular weight excluding hydrogens is 225 g/mol. The van der Waals surface area contributed by atoms with Crippen molar-refractivity contribution in [1.29, 1.82) is 0 Å². The summed E-state index contributed by atoms with van der Waals surface area (Å²) in [6.07, 6.45) is 0. The van der Waals surface area contributed by atoms with Gasteiger partial charge in [0.05, 0.1) is 5.71 Å². The summed E-state index contributed by atoms with van der Waals surface area (Å²) in [4.78, 5) is 12.0. The molecule has 0 radical (unpaired) electrons. The van der Waals surface area contributed by atoms with E-state index >= 15 is 0 Å². The van der Waals surface area contributed by atoms with Gasteiger partial charge in [-0.15, -0.1) is 0 Å². The minimum Gasteiger partial charge on any atom is -0.315 e. The summed E-state index contributed by atoms with van der Waals surface area (Å²) in [5.41, 5.74) is 1.43. The second kappa shape index (κ2) is 3.90. The number of hydrogen-bond donors (Lipinski definition) is 2. The van der Waals surface area contributed by atoms with Crippen LogP contribution < -0.4 is 5.48 Å². The zero-order valence-electron chi connectivity index (χ0n) is 9.44. The molecule has 0 aromatic heterocycles. The van der Waals surface area contributed by atoms with Gasteiger partial charge < -0.3 is 5.21 Å². The number of hydrogen-bond acceptors (Lipinski definition) is 4. The molecule has 6 heteroatoms. The maximum Gasteiger partial charge on any atom is 0.275 e. The van der Waals surface area contributed by atoms with Crippen LogP contribution in [0, 0.1) is 5.82 Å². The van der Waals surface area contributed by atoms with E-state index in [1.54, 1.807) is 6.92 Å². The topological polar surface area (TPSA) is 64.9 Å². The number of nitrogens with zero attached hydrogens (tertiary/aromatic N) is 2. The predicted octanol–water partition coefficient (Wildman–Crippen LogP) is 0.848. The molecule has 90 valence electrons. The highest BCUT2D eigenvalue weighted by molar-refractivity contribution is 6.15. The molecule has 1 aliphatic rings. The highest BCUT2D eigenvalue weighted by Crippen LogP contribution is 2.30. The van der Waals surface area contributed by atoms with E-state index < -0.39 is 17.3 Å². The highest BCUT2D eigenvalue weighted by Gasteiger charge is 2.49. The third kappa shape index (κ3) is 1.53. The van der Waals surface area contributed by atoms with Crippen molar-refractivity contribution in [2.45, 2.75) is 12.5 Å². The maximum atomic E-state index is 12.9. The van der Waals surface area contributed by atoms with Gasteiger partial charge in [0, 0.05) is 7.05 Å². The molecule has 1 aromatic carbocycles. The van der Waals surface area contributed by atoms with E-state index in [9.17, 15) is 14.4 Å². The van der Waals surface area contributed by atoms with Crippen LogP contribution in [0.1, 0.15) is 12.5 Å². The lowest BCUT2D eigenvalue weighted by Crippen LogP contribution is -2.52. The molecule has 2 rings (SSSR count). The van der Waals surface area contributed by atoms with Gasteiger partial charge in [0.25, 0.3) is 5.91 Å². The van der Waals surface area contributed by atoms with Crippen molar-refractivity contribution in [3.05, 3.63) is 35.6 Å². The minimum absolute atomic E-state index is 0.402. The number of amides is 1. The number of carbonyl (C=O) groups is 1. The van der Waals surface area contributed by atoms with Gasteiger partial charge in [-0.3, -0.25) is 4.79 Å². The number of rotatable bonds is 2. The second-order valence-corrected chi connectivity index (χ2v) is 3.88. The molecule has 1 unspecified atom stereocenters. The van der Waals surface area contributed by atoms with E-state index in [2.05, 4.69) is 5.10 Å².